The number of nitrogens with zero attached hydrogens (tertiary/aromatic N) is 1. The Morgan fingerprint density at radius 2 is 1.75 bits per heavy atom. The molecule has 2 heteroatoms. The van der Waals surface area contributed by atoms with Crippen molar-refractivity contribution in [3.8, 4) is 0 Å². The summed E-state index contributed by atoms with van der Waals surface area (Å²) < 4.78 is 0. The zero-order chi connectivity index (χ0) is 11.5. The molecule has 1 aromatic carbocycles. The lowest BCUT2D eigenvalue weighted by Gasteiger charge is -2.28. The molecule has 0 saturated carbocycles. The maximum atomic E-state index is 12.1. The molecule has 1 fully saturated rings. The number of carbonyl (C=O) groups excluding carboxylic acids is 1. The summed E-state index contributed by atoms with van der Waals surface area (Å²) in [6.45, 7) is 7.60. The van der Waals surface area contributed by atoms with E-state index in [-0.39, 0.29) is 5.91 Å². The second-order valence-corrected chi connectivity index (χ2v) is 4.41. The highest BCUT2D eigenvalue weighted by Gasteiger charge is 2.18. The average Bonchev–Trinajstić information content (AvgIpc) is 2.30. The summed E-state index contributed by atoms with van der Waals surface area (Å²) in [6, 6.07) is 7.77. The molecule has 2 rings (SSSR count). The quantitative estimate of drug-likeness (QED) is 0.660. The lowest BCUT2D eigenvalue weighted by Crippen LogP contribution is -2.36. The molecule has 0 N–H and O–H groups in total. The molecular formula is C14H17NO. The number of hydrogen-bond acceptors (Lipinski definition) is 1. The predicted molar refractivity (Wildman–Crippen MR) is 65.5 cm³/mol. The fraction of sp³-hybridized carbons (Fsp3) is 0.357. The van der Waals surface area contributed by atoms with Gasteiger partial charge in [-0.3, -0.25) is 4.79 Å². The van der Waals surface area contributed by atoms with Crippen LogP contribution in [0.2, 0.25) is 0 Å². The van der Waals surface area contributed by atoms with Crippen LogP contribution in [0.4, 0.5) is 0 Å². The van der Waals surface area contributed by atoms with E-state index in [4.69, 9.17) is 0 Å². The lowest BCUT2D eigenvalue weighted by atomic mass is 10.0. The Morgan fingerprint density at radius 1 is 1.19 bits per heavy atom. The van der Waals surface area contributed by atoms with Gasteiger partial charge in [0.2, 0.25) is 0 Å². The first kappa shape index (κ1) is 10.9. The summed E-state index contributed by atoms with van der Waals surface area (Å²) >= 11 is 0. The van der Waals surface area contributed by atoms with Gasteiger partial charge in [-0.05, 0) is 31.9 Å². The summed E-state index contributed by atoms with van der Waals surface area (Å²) in [4.78, 5) is 14.0. The zero-order valence-electron chi connectivity index (χ0n) is 9.70. The fourth-order valence-electron chi connectivity index (χ4n) is 1.90. The van der Waals surface area contributed by atoms with E-state index < -0.39 is 0 Å². The van der Waals surface area contributed by atoms with Gasteiger partial charge < -0.3 is 4.90 Å². The molecule has 84 valence electrons. The first-order valence-electron chi connectivity index (χ1n) is 5.69. The molecule has 0 bridgehead atoms. The Balaban J connectivity index is 2.07. The molecule has 1 amide bonds. The van der Waals surface area contributed by atoms with E-state index in [1.54, 1.807) is 0 Å². The molecule has 0 aromatic heterocycles. The third kappa shape index (κ3) is 2.32. The predicted octanol–water partition coefficient (Wildman–Crippen LogP) is 2.79. The molecule has 1 aliphatic heterocycles. The number of likely N-dealkylation sites (tertiary alicyclic amines) is 1. The van der Waals surface area contributed by atoms with E-state index >= 15 is 0 Å². The van der Waals surface area contributed by atoms with Gasteiger partial charge in [-0.25, -0.2) is 0 Å². The molecule has 1 aromatic rings. The molecule has 0 radical (unpaired) electrons. The minimum Gasteiger partial charge on any atom is -0.338 e. The van der Waals surface area contributed by atoms with Gasteiger partial charge in [0.15, 0.2) is 0 Å². The summed E-state index contributed by atoms with van der Waals surface area (Å²) in [6.07, 6.45) is 1.88. The van der Waals surface area contributed by atoms with Crippen LogP contribution in [0.15, 0.2) is 36.4 Å². The highest BCUT2D eigenvalue weighted by Crippen LogP contribution is 2.16. The molecule has 0 unspecified atom stereocenters. The van der Waals surface area contributed by atoms with Gasteiger partial charge in [-0.15, -0.1) is 0 Å². The Morgan fingerprint density at radius 3 is 2.31 bits per heavy atom. The van der Waals surface area contributed by atoms with Crippen molar-refractivity contribution >= 4 is 5.91 Å². The smallest absolute Gasteiger partial charge is 0.253 e. The van der Waals surface area contributed by atoms with Crippen molar-refractivity contribution in [2.45, 2.75) is 19.8 Å². The second-order valence-electron chi connectivity index (χ2n) is 4.41. The topological polar surface area (TPSA) is 20.3 Å². The summed E-state index contributed by atoms with van der Waals surface area (Å²) in [7, 11) is 0. The number of rotatable bonds is 1. The normalized spacial score (nSPS) is 16.3. The van der Waals surface area contributed by atoms with E-state index in [1.165, 1.54) is 11.1 Å². The van der Waals surface area contributed by atoms with Crippen LogP contribution in [0.25, 0.3) is 0 Å². The Kier molecular flexibility index (Phi) is 3.09. The maximum Gasteiger partial charge on any atom is 0.253 e. The Labute approximate surface area is 96.6 Å². The van der Waals surface area contributed by atoms with Gasteiger partial charge in [-0.2, -0.15) is 0 Å². The zero-order valence-corrected chi connectivity index (χ0v) is 9.70. The number of hydrogen-bond donors (Lipinski definition) is 0. The summed E-state index contributed by atoms with van der Waals surface area (Å²) in [5, 5.41) is 0. The molecule has 2 nitrogen and oxygen atoms in total. The minimum atomic E-state index is 0.146. The van der Waals surface area contributed by atoms with Crippen molar-refractivity contribution in [2.75, 3.05) is 13.1 Å². The van der Waals surface area contributed by atoms with Gasteiger partial charge in [0, 0.05) is 18.7 Å². The molecule has 16 heavy (non-hydrogen) atoms. The highest BCUT2D eigenvalue weighted by molar-refractivity contribution is 5.94. The van der Waals surface area contributed by atoms with E-state index in [0.717, 1.165) is 31.5 Å². The maximum absolute atomic E-state index is 12.1. The number of benzene rings is 1. The van der Waals surface area contributed by atoms with Crippen molar-refractivity contribution in [3.05, 3.63) is 47.5 Å². The molecular weight excluding hydrogens is 198 g/mol. The standard InChI is InChI=1S/C14H17NO/c1-11-3-5-13(6-4-11)14(16)15-9-7-12(2)8-10-15/h3-6H,2,7-10H2,1H3. The van der Waals surface area contributed by atoms with Crippen molar-refractivity contribution < 1.29 is 4.79 Å². The molecule has 1 heterocycles. The van der Waals surface area contributed by atoms with Crippen LogP contribution in [0.3, 0.4) is 0 Å². The third-order valence-corrected chi connectivity index (χ3v) is 3.06. The second kappa shape index (κ2) is 4.52. The van der Waals surface area contributed by atoms with Crippen molar-refractivity contribution in [2.24, 2.45) is 0 Å². The van der Waals surface area contributed by atoms with Crippen molar-refractivity contribution in [3.63, 3.8) is 0 Å². The van der Waals surface area contributed by atoms with E-state index in [9.17, 15) is 4.79 Å². The third-order valence-electron chi connectivity index (χ3n) is 3.06. The average molecular weight is 215 g/mol. The van der Waals surface area contributed by atoms with Crippen molar-refractivity contribution in [1.82, 2.24) is 4.90 Å². The molecule has 1 saturated heterocycles. The fourth-order valence-corrected chi connectivity index (χ4v) is 1.90. The lowest BCUT2D eigenvalue weighted by molar-refractivity contribution is 0.0744. The van der Waals surface area contributed by atoms with Gasteiger partial charge in [0.25, 0.3) is 5.91 Å². The SMILES string of the molecule is C=C1CCN(C(=O)c2ccc(C)cc2)CC1. The van der Waals surface area contributed by atoms with E-state index in [0.29, 0.717) is 0 Å². The summed E-state index contributed by atoms with van der Waals surface area (Å²) in [5.41, 5.74) is 3.23. The highest BCUT2D eigenvalue weighted by atomic mass is 16.2. The van der Waals surface area contributed by atoms with Crippen LogP contribution < -0.4 is 0 Å². The van der Waals surface area contributed by atoms with Crippen LogP contribution >= 0.6 is 0 Å². The van der Waals surface area contributed by atoms with Gasteiger partial charge in [0.1, 0.15) is 0 Å². The van der Waals surface area contributed by atoms with Crippen LogP contribution in [0, 0.1) is 6.92 Å². The number of carbonyl (C=O) groups is 1. The van der Waals surface area contributed by atoms with Crippen LogP contribution in [-0.2, 0) is 0 Å². The first-order valence-corrected chi connectivity index (χ1v) is 5.69. The first-order chi connectivity index (χ1) is 7.66. The largest absolute Gasteiger partial charge is 0.338 e. The van der Waals surface area contributed by atoms with Crippen molar-refractivity contribution in [1.29, 1.82) is 0 Å². The van der Waals surface area contributed by atoms with Crippen LogP contribution in [0.5, 0.6) is 0 Å². The Bertz CT molecular complexity index is 395. The minimum absolute atomic E-state index is 0.146. The van der Waals surface area contributed by atoms with E-state index in [1.807, 2.05) is 36.1 Å². The van der Waals surface area contributed by atoms with Gasteiger partial charge in [-0.1, -0.05) is 29.8 Å². The van der Waals surface area contributed by atoms with Crippen LogP contribution in [-0.4, -0.2) is 23.9 Å². The molecule has 0 spiro atoms. The molecule has 0 aliphatic carbocycles. The van der Waals surface area contributed by atoms with Gasteiger partial charge >= 0.3 is 0 Å². The molecule has 1 aliphatic rings. The number of amides is 1. The monoisotopic (exact) mass is 215 g/mol. The Hall–Kier alpha value is -1.57. The van der Waals surface area contributed by atoms with Gasteiger partial charge in [0.05, 0.1) is 0 Å². The van der Waals surface area contributed by atoms with Crippen LogP contribution in [0.1, 0.15) is 28.8 Å². The van der Waals surface area contributed by atoms with E-state index in [2.05, 4.69) is 6.58 Å². The summed E-state index contributed by atoms with van der Waals surface area (Å²) in [5.74, 6) is 0.146. The number of piperidine rings is 1. The number of aryl methyl sites for hydroxylation is 1. The molecule has 0 atom stereocenters.